The van der Waals surface area contributed by atoms with E-state index in [1.54, 1.807) is 25.0 Å². The lowest BCUT2D eigenvalue weighted by molar-refractivity contribution is 0.111. The number of aldehydes is 1. The second-order valence-corrected chi connectivity index (χ2v) is 4.23. The van der Waals surface area contributed by atoms with Crippen molar-refractivity contribution in [3.05, 3.63) is 23.9 Å². The van der Waals surface area contributed by atoms with E-state index in [1.165, 1.54) is 0 Å². The van der Waals surface area contributed by atoms with Gasteiger partial charge in [-0.15, -0.1) is 5.10 Å². The van der Waals surface area contributed by atoms with Gasteiger partial charge in [0.05, 0.1) is 19.9 Å². The van der Waals surface area contributed by atoms with Crippen LogP contribution in [-0.2, 0) is 6.54 Å². The molecule has 106 valence electrons. The first kappa shape index (κ1) is 14.0. The second kappa shape index (κ2) is 6.18. The summed E-state index contributed by atoms with van der Waals surface area (Å²) >= 11 is 0. The first-order valence-corrected chi connectivity index (χ1v) is 6.36. The Morgan fingerprint density at radius 1 is 1.25 bits per heavy atom. The molecule has 0 amide bonds. The van der Waals surface area contributed by atoms with Crippen molar-refractivity contribution in [3.8, 4) is 22.8 Å². The third kappa shape index (κ3) is 2.49. The van der Waals surface area contributed by atoms with Crippen LogP contribution in [0.2, 0.25) is 0 Å². The zero-order chi connectivity index (χ0) is 14.5. The molecule has 0 saturated carbocycles. The van der Waals surface area contributed by atoms with Crippen LogP contribution in [0.25, 0.3) is 11.3 Å². The fraction of sp³-hybridized carbons (Fsp3) is 0.357. The average Bonchev–Trinajstić information content (AvgIpc) is 2.89. The molecule has 1 aromatic heterocycles. The van der Waals surface area contributed by atoms with E-state index in [4.69, 9.17) is 9.47 Å². The molecule has 1 heterocycles. The third-order valence-electron chi connectivity index (χ3n) is 2.97. The topological polar surface area (TPSA) is 66.2 Å². The Labute approximate surface area is 117 Å². The van der Waals surface area contributed by atoms with Gasteiger partial charge in [-0.1, -0.05) is 12.1 Å². The van der Waals surface area contributed by atoms with E-state index in [-0.39, 0.29) is 0 Å². The van der Waals surface area contributed by atoms with Crippen molar-refractivity contribution in [2.75, 3.05) is 14.2 Å². The van der Waals surface area contributed by atoms with E-state index in [2.05, 4.69) is 10.3 Å². The highest BCUT2D eigenvalue weighted by atomic mass is 16.5. The number of rotatable bonds is 6. The van der Waals surface area contributed by atoms with E-state index < -0.39 is 0 Å². The summed E-state index contributed by atoms with van der Waals surface area (Å²) in [6.45, 7) is 2.74. The first-order chi connectivity index (χ1) is 9.74. The van der Waals surface area contributed by atoms with E-state index >= 15 is 0 Å². The maximum absolute atomic E-state index is 11.1. The minimum absolute atomic E-state index is 0.325. The van der Waals surface area contributed by atoms with Crippen LogP contribution in [0.5, 0.6) is 11.5 Å². The highest BCUT2D eigenvalue weighted by Gasteiger charge is 2.16. The first-order valence-electron chi connectivity index (χ1n) is 6.36. The highest BCUT2D eigenvalue weighted by molar-refractivity contribution is 5.83. The number of nitrogens with zero attached hydrogens (tertiary/aromatic N) is 3. The van der Waals surface area contributed by atoms with E-state index in [1.807, 2.05) is 19.1 Å². The number of hydrogen-bond donors (Lipinski definition) is 0. The van der Waals surface area contributed by atoms with E-state index in [0.29, 0.717) is 35.7 Å². The molecule has 0 fully saturated rings. The van der Waals surface area contributed by atoms with Crippen LogP contribution in [0.1, 0.15) is 23.8 Å². The molecule has 1 aromatic carbocycles. The molecule has 6 heteroatoms. The van der Waals surface area contributed by atoms with Crippen molar-refractivity contribution >= 4 is 6.29 Å². The van der Waals surface area contributed by atoms with Gasteiger partial charge in [-0.3, -0.25) is 4.79 Å². The minimum atomic E-state index is 0.325. The summed E-state index contributed by atoms with van der Waals surface area (Å²) in [4.78, 5) is 11.1. The lowest BCUT2D eigenvalue weighted by Crippen LogP contribution is -2.02. The molecule has 2 rings (SSSR count). The van der Waals surface area contributed by atoms with Gasteiger partial charge in [0.15, 0.2) is 23.5 Å². The lowest BCUT2D eigenvalue weighted by atomic mass is 10.1. The van der Waals surface area contributed by atoms with Gasteiger partial charge in [0, 0.05) is 12.1 Å². The lowest BCUT2D eigenvalue weighted by Gasteiger charge is -2.10. The van der Waals surface area contributed by atoms with Gasteiger partial charge in [-0.2, -0.15) is 0 Å². The molecule has 0 spiro atoms. The summed E-state index contributed by atoms with van der Waals surface area (Å²) < 4.78 is 12.2. The van der Waals surface area contributed by atoms with Crippen molar-refractivity contribution in [1.29, 1.82) is 0 Å². The van der Waals surface area contributed by atoms with Crippen LogP contribution in [0.3, 0.4) is 0 Å². The van der Waals surface area contributed by atoms with Gasteiger partial charge in [-0.05, 0) is 24.6 Å². The number of aryl methyl sites for hydroxylation is 1. The van der Waals surface area contributed by atoms with E-state index in [9.17, 15) is 4.79 Å². The van der Waals surface area contributed by atoms with Crippen molar-refractivity contribution in [3.63, 3.8) is 0 Å². The van der Waals surface area contributed by atoms with Crippen LogP contribution in [-0.4, -0.2) is 35.5 Å². The Balaban J connectivity index is 2.55. The van der Waals surface area contributed by atoms with Crippen LogP contribution in [0.4, 0.5) is 0 Å². The molecule has 6 nitrogen and oxygen atoms in total. The maximum Gasteiger partial charge on any atom is 0.172 e. The van der Waals surface area contributed by atoms with Crippen molar-refractivity contribution < 1.29 is 14.3 Å². The predicted octanol–water partition coefficient (Wildman–Crippen LogP) is 2.18. The Morgan fingerprint density at radius 2 is 2.00 bits per heavy atom. The summed E-state index contributed by atoms with van der Waals surface area (Å²) in [6, 6.07) is 5.47. The molecule has 0 aliphatic carbocycles. The fourth-order valence-electron chi connectivity index (χ4n) is 2.05. The SMILES string of the molecule is CCCn1nnc(C=O)c1-c1ccc(OC)c(OC)c1. The Morgan fingerprint density at radius 3 is 2.60 bits per heavy atom. The zero-order valence-corrected chi connectivity index (χ0v) is 11.8. The van der Waals surface area contributed by atoms with Crippen LogP contribution in [0, 0.1) is 0 Å². The molecular weight excluding hydrogens is 258 g/mol. The quantitative estimate of drug-likeness (QED) is 0.756. The van der Waals surface area contributed by atoms with Crippen molar-refractivity contribution in [1.82, 2.24) is 15.0 Å². The zero-order valence-electron chi connectivity index (χ0n) is 11.8. The number of carbonyl (C=O) groups excluding carboxylic acids is 1. The number of benzene rings is 1. The largest absolute Gasteiger partial charge is 0.493 e. The Hall–Kier alpha value is -2.37. The monoisotopic (exact) mass is 275 g/mol. The molecule has 0 aliphatic heterocycles. The molecule has 0 atom stereocenters. The maximum atomic E-state index is 11.1. The van der Waals surface area contributed by atoms with Gasteiger partial charge in [0.1, 0.15) is 0 Å². The Bertz CT molecular complexity index is 608. The molecule has 0 radical (unpaired) electrons. The van der Waals surface area contributed by atoms with Gasteiger partial charge >= 0.3 is 0 Å². The predicted molar refractivity (Wildman–Crippen MR) is 74.2 cm³/mol. The van der Waals surface area contributed by atoms with Gasteiger partial charge in [0.25, 0.3) is 0 Å². The third-order valence-corrected chi connectivity index (χ3v) is 2.97. The van der Waals surface area contributed by atoms with E-state index in [0.717, 1.165) is 12.0 Å². The molecule has 2 aromatic rings. The number of carbonyl (C=O) groups is 1. The summed E-state index contributed by atoms with van der Waals surface area (Å²) in [6.07, 6.45) is 1.62. The highest BCUT2D eigenvalue weighted by Crippen LogP contribution is 2.32. The smallest absolute Gasteiger partial charge is 0.172 e. The molecule has 20 heavy (non-hydrogen) atoms. The van der Waals surface area contributed by atoms with Crippen LogP contribution in [0.15, 0.2) is 18.2 Å². The van der Waals surface area contributed by atoms with Crippen LogP contribution >= 0.6 is 0 Å². The number of aromatic nitrogens is 3. The molecule has 0 N–H and O–H groups in total. The molecule has 0 saturated heterocycles. The van der Waals surface area contributed by atoms with Crippen LogP contribution < -0.4 is 9.47 Å². The molecule has 0 aliphatic rings. The minimum Gasteiger partial charge on any atom is -0.493 e. The molecule has 0 bridgehead atoms. The Kier molecular flexibility index (Phi) is 4.34. The van der Waals surface area contributed by atoms with Gasteiger partial charge in [0.2, 0.25) is 0 Å². The van der Waals surface area contributed by atoms with Crippen molar-refractivity contribution in [2.45, 2.75) is 19.9 Å². The normalized spacial score (nSPS) is 10.3. The average molecular weight is 275 g/mol. The molecule has 0 unspecified atom stereocenters. The van der Waals surface area contributed by atoms with Gasteiger partial charge < -0.3 is 9.47 Å². The summed E-state index contributed by atoms with van der Waals surface area (Å²) in [5, 5.41) is 7.92. The summed E-state index contributed by atoms with van der Waals surface area (Å²) in [5.41, 5.74) is 1.84. The summed E-state index contributed by atoms with van der Waals surface area (Å²) in [5.74, 6) is 1.24. The standard InChI is InChI=1S/C14H17N3O3/c1-4-7-17-14(11(9-18)15-16-17)10-5-6-12(19-2)13(8-10)20-3/h5-6,8-9H,4,7H2,1-3H3. The molecular formula is C14H17N3O3. The number of methoxy groups -OCH3 is 2. The number of hydrogen-bond acceptors (Lipinski definition) is 5. The van der Waals surface area contributed by atoms with Gasteiger partial charge in [-0.25, -0.2) is 4.68 Å². The summed E-state index contributed by atoms with van der Waals surface area (Å²) in [7, 11) is 3.15. The fourth-order valence-corrected chi connectivity index (χ4v) is 2.05. The number of ether oxygens (including phenoxy) is 2. The second-order valence-electron chi connectivity index (χ2n) is 4.23. The van der Waals surface area contributed by atoms with Crippen molar-refractivity contribution in [2.24, 2.45) is 0 Å².